The van der Waals surface area contributed by atoms with Gasteiger partial charge in [0, 0.05) is 21.5 Å². The molecule has 0 unspecified atom stereocenters. The summed E-state index contributed by atoms with van der Waals surface area (Å²) in [5, 5.41) is 13.1. The second kappa shape index (κ2) is 8.07. The van der Waals surface area contributed by atoms with Gasteiger partial charge in [-0.25, -0.2) is 4.90 Å². The number of hydrogen-bond acceptors (Lipinski definition) is 5. The molecule has 4 aromatic rings. The predicted octanol–water partition coefficient (Wildman–Crippen LogP) is 6.30. The lowest BCUT2D eigenvalue weighted by Gasteiger charge is -2.28. The molecule has 168 valence electrons. The van der Waals surface area contributed by atoms with Crippen molar-refractivity contribution in [3.63, 3.8) is 0 Å². The first-order chi connectivity index (χ1) is 16.3. The van der Waals surface area contributed by atoms with Gasteiger partial charge < -0.3 is 4.74 Å². The molecule has 0 saturated carbocycles. The Morgan fingerprint density at radius 2 is 1.62 bits per heavy atom. The largest absolute Gasteiger partial charge is 0.497 e. The van der Waals surface area contributed by atoms with Gasteiger partial charge in [-0.3, -0.25) is 19.7 Å². The van der Waals surface area contributed by atoms with Gasteiger partial charge >= 0.3 is 0 Å². The van der Waals surface area contributed by atoms with E-state index in [2.05, 4.69) is 15.9 Å². The monoisotopic (exact) mass is 516 g/mol. The average Bonchev–Trinajstić information content (AvgIpc) is 2.82. The highest BCUT2D eigenvalue weighted by atomic mass is 79.9. The number of benzene rings is 4. The van der Waals surface area contributed by atoms with Crippen molar-refractivity contribution in [1.82, 2.24) is 0 Å². The Morgan fingerprint density at radius 1 is 0.912 bits per heavy atom. The highest BCUT2D eigenvalue weighted by Gasteiger charge is 2.37. The molecule has 34 heavy (non-hydrogen) atoms. The van der Waals surface area contributed by atoms with Crippen molar-refractivity contribution in [2.24, 2.45) is 0 Å². The zero-order chi connectivity index (χ0) is 24.1. The van der Waals surface area contributed by atoms with E-state index in [1.54, 1.807) is 48.5 Å². The van der Waals surface area contributed by atoms with Gasteiger partial charge in [0.1, 0.15) is 5.75 Å². The summed E-state index contributed by atoms with van der Waals surface area (Å²) in [7, 11) is 1.52. The molecule has 0 spiro atoms. The number of anilines is 1. The van der Waals surface area contributed by atoms with Crippen LogP contribution in [-0.2, 0) is 0 Å². The molecule has 0 bridgehead atoms. The third-order valence-electron chi connectivity index (χ3n) is 5.99. The summed E-state index contributed by atoms with van der Waals surface area (Å²) in [4.78, 5) is 39.8. The molecule has 0 aliphatic carbocycles. The van der Waals surface area contributed by atoms with E-state index in [1.807, 2.05) is 19.1 Å². The summed E-state index contributed by atoms with van der Waals surface area (Å²) >= 11 is 3.43. The molecule has 0 radical (unpaired) electrons. The van der Waals surface area contributed by atoms with E-state index >= 15 is 0 Å². The number of ether oxygens (including phenoxy) is 1. The van der Waals surface area contributed by atoms with E-state index in [0.717, 1.165) is 14.9 Å². The summed E-state index contributed by atoms with van der Waals surface area (Å²) in [5.74, 6) is -0.519. The molecule has 5 rings (SSSR count). The number of carbonyl (C=O) groups is 2. The summed E-state index contributed by atoms with van der Waals surface area (Å²) < 4.78 is 6.01. The fourth-order valence-electron chi connectivity index (χ4n) is 4.45. The summed E-state index contributed by atoms with van der Waals surface area (Å²) in [6.45, 7) is 1.86. The van der Waals surface area contributed by atoms with Gasteiger partial charge in [0.2, 0.25) is 0 Å². The molecule has 1 aliphatic heterocycles. The number of imide groups is 1. The van der Waals surface area contributed by atoms with Gasteiger partial charge in [0.25, 0.3) is 17.5 Å². The Kier molecular flexibility index (Phi) is 5.17. The third kappa shape index (κ3) is 3.26. The summed E-state index contributed by atoms with van der Waals surface area (Å²) in [6, 6.07) is 18.3. The van der Waals surface area contributed by atoms with Crippen molar-refractivity contribution in [3.05, 3.63) is 98.0 Å². The summed E-state index contributed by atoms with van der Waals surface area (Å²) in [5.41, 5.74) is 2.47. The Hall–Kier alpha value is -4.04. The van der Waals surface area contributed by atoms with Crippen LogP contribution in [0.1, 0.15) is 26.3 Å². The second-order valence-electron chi connectivity index (χ2n) is 7.91. The minimum atomic E-state index is -0.610. The van der Waals surface area contributed by atoms with Gasteiger partial charge in [-0.2, -0.15) is 0 Å². The van der Waals surface area contributed by atoms with Crippen LogP contribution in [0, 0.1) is 17.0 Å². The SMILES string of the molecule is COc1ccc(N2C(=O)c3cccc4c(-c5ccc(Br)cc5C)c([N+](=O)[O-])cc(c34)C2=O)cc1. The van der Waals surface area contributed by atoms with Crippen LogP contribution in [0.25, 0.3) is 21.9 Å². The van der Waals surface area contributed by atoms with Gasteiger partial charge in [-0.1, -0.05) is 34.1 Å². The Labute approximate surface area is 202 Å². The maximum Gasteiger partial charge on any atom is 0.278 e. The van der Waals surface area contributed by atoms with E-state index in [-0.39, 0.29) is 11.3 Å². The molecule has 0 atom stereocenters. The molecular formula is C26H17BrN2O5. The lowest BCUT2D eigenvalue weighted by atomic mass is 9.86. The molecule has 1 heterocycles. The lowest BCUT2D eigenvalue weighted by molar-refractivity contribution is -0.384. The smallest absolute Gasteiger partial charge is 0.278 e. The topological polar surface area (TPSA) is 89.8 Å². The average molecular weight is 517 g/mol. The van der Waals surface area contributed by atoms with Crippen molar-refractivity contribution < 1.29 is 19.2 Å². The van der Waals surface area contributed by atoms with Crippen LogP contribution >= 0.6 is 15.9 Å². The van der Waals surface area contributed by atoms with Crippen LogP contribution in [0.15, 0.2) is 71.2 Å². The minimum absolute atomic E-state index is 0.117. The van der Waals surface area contributed by atoms with E-state index in [0.29, 0.717) is 38.9 Å². The molecule has 4 aromatic carbocycles. The maximum absolute atomic E-state index is 13.5. The van der Waals surface area contributed by atoms with E-state index in [4.69, 9.17) is 4.74 Å². The van der Waals surface area contributed by atoms with Crippen molar-refractivity contribution >= 4 is 49.9 Å². The fraction of sp³-hybridized carbons (Fsp3) is 0.0769. The number of aryl methyl sites for hydroxylation is 1. The first kappa shape index (κ1) is 21.8. The van der Waals surface area contributed by atoms with Crippen molar-refractivity contribution in [3.8, 4) is 16.9 Å². The molecule has 0 N–H and O–H groups in total. The maximum atomic E-state index is 13.5. The normalized spacial score (nSPS) is 12.9. The standard InChI is InChI=1S/C26H17BrN2O5/c1-14-12-15(27)6-11-18(14)24-19-4-3-5-20-23(19)21(13-22(24)29(32)33)26(31)28(25(20)30)16-7-9-17(34-2)10-8-16/h3-13H,1-2H3. The van der Waals surface area contributed by atoms with E-state index in [9.17, 15) is 19.7 Å². The second-order valence-corrected chi connectivity index (χ2v) is 8.82. The lowest BCUT2D eigenvalue weighted by Crippen LogP contribution is -2.40. The fourth-order valence-corrected chi connectivity index (χ4v) is 4.93. The number of nitrogens with zero attached hydrogens (tertiary/aromatic N) is 2. The molecule has 1 aliphatic rings. The summed E-state index contributed by atoms with van der Waals surface area (Å²) in [6.07, 6.45) is 0. The number of amides is 2. The predicted molar refractivity (Wildman–Crippen MR) is 133 cm³/mol. The number of methoxy groups -OCH3 is 1. The van der Waals surface area contributed by atoms with Crippen molar-refractivity contribution in [1.29, 1.82) is 0 Å². The minimum Gasteiger partial charge on any atom is -0.497 e. The van der Waals surface area contributed by atoms with Crippen molar-refractivity contribution in [2.75, 3.05) is 12.0 Å². The number of nitro benzene ring substituents is 1. The highest BCUT2D eigenvalue weighted by Crippen LogP contribution is 2.44. The van der Waals surface area contributed by atoms with E-state index < -0.39 is 16.7 Å². The molecular weight excluding hydrogens is 500 g/mol. The Bertz CT molecular complexity index is 1530. The molecule has 8 heteroatoms. The van der Waals surface area contributed by atoms with Crippen LogP contribution in [-0.4, -0.2) is 23.8 Å². The number of nitro groups is 1. The molecule has 0 aromatic heterocycles. The van der Waals surface area contributed by atoms with Gasteiger partial charge in [0.15, 0.2) is 0 Å². The number of carbonyl (C=O) groups excluding carboxylic acids is 2. The Balaban J connectivity index is 1.81. The zero-order valence-electron chi connectivity index (χ0n) is 18.2. The first-order valence-electron chi connectivity index (χ1n) is 10.3. The van der Waals surface area contributed by atoms with Crippen LogP contribution in [0.5, 0.6) is 5.75 Å². The molecule has 7 nitrogen and oxygen atoms in total. The Morgan fingerprint density at radius 3 is 2.26 bits per heavy atom. The van der Waals surface area contributed by atoms with Crippen LogP contribution in [0.2, 0.25) is 0 Å². The quantitative estimate of drug-likeness (QED) is 0.180. The number of halogens is 1. The van der Waals surface area contributed by atoms with E-state index in [1.165, 1.54) is 13.2 Å². The number of hydrogen-bond donors (Lipinski definition) is 0. The molecule has 0 fully saturated rings. The van der Waals surface area contributed by atoms with Crippen LogP contribution < -0.4 is 9.64 Å². The van der Waals surface area contributed by atoms with Crippen LogP contribution in [0.3, 0.4) is 0 Å². The molecule has 2 amide bonds. The van der Waals surface area contributed by atoms with Gasteiger partial charge in [-0.05, 0) is 65.9 Å². The van der Waals surface area contributed by atoms with Gasteiger partial charge in [-0.15, -0.1) is 0 Å². The highest BCUT2D eigenvalue weighted by molar-refractivity contribution is 9.10. The van der Waals surface area contributed by atoms with Crippen LogP contribution in [0.4, 0.5) is 11.4 Å². The van der Waals surface area contributed by atoms with Crippen molar-refractivity contribution in [2.45, 2.75) is 6.92 Å². The van der Waals surface area contributed by atoms with Gasteiger partial charge in [0.05, 0.1) is 28.8 Å². The zero-order valence-corrected chi connectivity index (χ0v) is 19.8. The third-order valence-corrected chi connectivity index (χ3v) is 6.49. The number of rotatable bonds is 4. The first-order valence-corrected chi connectivity index (χ1v) is 11.1. The molecule has 0 saturated heterocycles.